The largest absolute Gasteiger partial charge is 0.384 e. The summed E-state index contributed by atoms with van der Waals surface area (Å²) >= 11 is 0. The second kappa shape index (κ2) is 4.15. The van der Waals surface area contributed by atoms with Gasteiger partial charge in [-0.3, -0.25) is 0 Å². The van der Waals surface area contributed by atoms with Gasteiger partial charge in [0.15, 0.2) is 6.10 Å². The van der Waals surface area contributed by atoms with E-state index in [1.54, 1.807) is 12.3 Å². The zero-order valence-corrected chi connectivity index (χ0v) is 8.26. The molecule has 0 spiro atoms. The molecular weight excluding hydrogens is 192 g/mol. The van der Waals surface area contributed by atoms with Gasteiger partial charge >= 0.3 is 0 Å². The van der Waals surface area contributed by atoms with E-state index in [0.717, 1.165) is 12.2 Å². The Morgan fingerprint density at radius 3 is 3.27 bits per heavy atom. The van der Waals surface area contributed by atoms with E-state index in [1.165, 1.54) is 0 Å². The monoisotopic (exact) mass is 204 g/mol. The molecule has 1 atom stereocenters. The first-order valence-electron chi connectivity index (χ1n) is 4.77. The Kier molecular flexibility index (Phi) is 2.70. The first-order valence-corrected chi connectivity index (χ1v) is 4.77. The number of nitrogen functional groups attached to an aromatic ring is 1. The van der Waals surface area contributed by atoms with Crippen molar-refractivity contribution < 1.29 is 4.74 Å². The molecule has 15 heavy (non-hydrogen) atoms. The van der Waals surface area contributed by atoms with Crippen LogP contribution >= 0.6 is 0 Å². The maximum Gasteiger partial charge on any atom is 0.161 e. The molecular formula is C10H12N4O. The Balaban J connectivity index is 2.14. The van der Waals surface area contributed by atoms with Gasteiger partial charge in [0.05, 0.1) is 19.2 Å². The smallest absolute Gasteiger partial charge is 0.161 e. The second-order valence-electron chi connectivity index (χ2n) is 3.37. The molecule has 2 N–H and O–H groups in total. The zero-order valence-electron chi connectivity index (χ0n) is 8.26. The van der Waals surface area contributed by atoms with Crippen LogP contribution in [-0.2, 0) is 4.74 Å². The molecule has 5 heteroatoms. The van der Waals surface area contributed by atoms with Gasteiger partial charge < -0.3 is 15.4 Å². The van der Waals surface area contributed by atoms with Crippen LogP contribution in [0.4, 0.5) is 11.5 Å². The first-order chi connectivity index (χ1) is 7.29. The molecule has 1 aliphatic heterocycles. The minimum absolute atomic E-state index is 0.354. The number of hydrogen-bond donors (Lipinski definition) is 1. The van der Waals surface area contributed by atoms with E-state index in [0.29, 0.717) is 19.0 Å². The SMILES string of the molecule is N#CC1CN(c2ccnc(N)c2)CCO1. The summed E-state index contributed by atoms with van der Waals surface area (Å²) in [7, 11) is 0. The van der Waals surface area contributed by atoms with Crippen LogP contribution in [0.3, 0.4) is 0 Å². The summed E-state index contributed by atoms with van der Waals surface area (Å²) in [5, 5.41) is 8.77. The summed E-state index contributed by atoms with van der Waals surface area (Å²) < 4.78 is 5.26. The van der Waals surface area contributed by atoms with Crippen molar-refractivity contribution in [2.45, 2.75) is 6.10 Å². The lowest BCUT2D eigenvalue weighted by Crippen LogP contribution is -2.41. The molecule has 0 radical (unpaired) electrons. The van der Waals surface area contributed by atoms with Crippen LogP contribution in [-0.4, -0.2) is 30.8 Å². The van der Waals surface area contributed by atoms with E-state index >= 15 is 0 Å². The summed E-state index contributed by atoms with van der Waals surface area (Å²) in [6, 6.07) is 5.80. The molecule has 2 rings (SSSR count). The van der Waals surface area contributed by atoms with E-state index in [2.05, 4.69) is 16.0 Å². The van der Waals surface area contributed by atoms with Crippen LogP contribution in [0.5, 0.6) is 0 Å². The molecule has 1 saturated heterocycles. The van der Waals surface area contributed by atoms with Gasteiger partial charge in [-0.2, -0.15) is 5.26 Å². The van der Waals surface area contributed by atoms with Crippen molar-refractivity contribution in [2.75, 3.05) is 30.3 Å². The summed E-state index contributed by atoms with van der Waals surface area (Å²) in [4.78, 5) is 6.01. The maximum absolute atomic E-state index is 8.77. The highest BCUT2D eigenvalue weighted by Crippen LogP contribution is 2.18. The molecule has 1 unspecified atom stereocenters. The number of nitrogens with zero attached hydrogens (tertiary/aromatic N) is 3. The van der Waals surface area contributed by atoms with E-state index in [1.807, 2.05) is 6.07 Å². The standard InChI is InChI=1S/C10H12N4O/c11-6-9-7-14(3-4-15-9)8-1-2-13-10(12)5-8/h1-2,5,9H,3-4,7H2,(H2,12,13). The van der Waals surface area contributed by atoms with Gasteiger partial charge in [0.2, 0.25) is 0 Å². The summed E-state index contributed by atoms with van der Waals surface area (Å²) in [5.74, 6) is 0.493. The molecule has 0 bridgehead atoms. The van der Waals surface area contributed by atoms with Gasteiger partial charge in [0.25, 0.3) is 0 Å². The Morgan fingerprint density at radius 2 is 2.53 bits per heavy atom. The molecule has 0 amide bonds. The zero-order chi connectivity index (χ0) is 10.7. The number of nitriles is 1. The van der Waals surface area contributed by atoms with Crippen molar-refractivity contribution in [3.05, 3.63) is 18.3 Å². The number of ether oxygens (including phenoxy) is 1. The highest BCUT2D eigenvalue weighted by Gasteiger charge is 2.20. The second-order valence-corrected chi connectivity index (χ2v) is 3.37. The quantitative estimate of drug-likeness (QED) is 0.716. The third kappa shape index (κ3) is 2.17. The molecule has 0 aromatic carbocycles. The van der Waals surface area contributed by atoms with E-state index in [-0.39, 0.29) is 6.10 Å². The van der Waals surface area contributed by atoms with Gasteiger partial charge in [0.1, 0.15) is 5.82 Å². The van der Waals surface area contributed by atoms with Crippen molar-refractivity contribution in [1.82, 2.24) is 4.98 Å². The molecule has 78 valence electrons. The van der Waals surface area contributed by atoms with Crippen molar-refractivity contribution in [3.8, 4) is 6.07 Å². The summed E-state index contributed by atoms with van der Waals surface area (Å²) in [6.07, 6.45) is 1.31. The molecule has 1 aromatic rings. The van der Waals surface area contributed by atoms with Crippen LogP contribution < -0.4 is 10.6 Å². The fourth-order valence-corrected chi connectivity index (χ4v) is 1.60. The molecule has 1 fully saturated rings. The Morgan fingerprint density at radius 1 is 1.67 bits per heavy atom. The molecule has 2 heterocycles. The number of pyridine rings is 1. The lowest BCUT2D eigenvalue weighted by molar-refractivity contribution is 0.0764. The molecule has 1 aromatic heterocycles. The lowest BCUT2D eigenvalue weighted by Gasteiger charge is -2.31. The number of hydrogen-bond acceptors (Lipinski definition) is 5. The lowest BCUT2D eigenvalue weighted by atomic mass is 10.2. The van der Waals surface area contributed by atoms with Crippen LogP contribution in [0.1, 0.15) is 0 Å². The first kappa shape index (κ1) is 9.74. The van der Waals surface area contributed by atoms with Gasteiger partial charge in [-0.1, -0.05) is 0 Å². The number of anilines is 2. The van der Waals surface area contributed by atoms with Crippen molar-refractivity contribution in [1.29, 1.82) is 5.26 Å². The predicted molar refractivity (Wildman–Crippen MR) is 56.2 cm³/mol. The van der Waals surface area contributed by atoms with Crippen LogP contribution in [0.2, 0.25) is 0 Å². The minimum Gasteiger partial charge on any atom is -0.384 e. The van der Waals surface area contributed by atoms with Crippen LogP contribution in [0, 0.1) is 11.3 Å². The Labute approximate surface area is 88.1 Å². The van der Waals surface area contributed by atoms with Gasteiger partial charge in [0, 0.05) is 24.5 Å². The van der Waals surface area contributed by atoms with Crippen molar-refractivity contribution in [2.24, 2.45) is 0 Å². The molecule has 0 aliphatic carbocycles. The minimum atomic E-state index is -0.354. The Hall–Kier alpha value is -1.80. The predicted octanol–water partition coefficient (Wildman–Crippen LogP) is 0.393. The number of aromatic nitrogens is 1. The fourth-order valence-electron chi connectivity index (χ4n) is 1.60. The number of morpholine rings is 1. The van der Waals surface area contributed by atoms with E-state index < -0.39 is 0 Å². The third-order valence-corrected chi connectivity index (χ3v) is 2.34. The van der Waals surface area contributed by atoms with E-state index in [4.69, 9.17) is 15.7 Å². The number of nitrogens with two attached hydrogens (primary N) is 1. The van der Waals surface area contributed by atoms with E-state index in [9.17, 15) is 0 Å². The van der Waals surface area contributed by atoms with Gasteiger partial charge in [-0.25, -0.2) is 4.98 Å². The van der Waals surface area contributed by atoms with Gasteiger partial charge in [-0.15, -0.1) is 0 Å². The van der Waals surface area contributed by atoms with Gasteiger partial charge in [-0.05, 0) is 6.07 Å². The molecule has 0 saturated carbocycles. The number of rotatable bonds is 1. The third-order valence-electron chi connectivity index (χ3n) is 2.34. The van der Waals surface area contributed by atoms with Crippen molar-refractivity contribution >= 4 is 11.5 Å². The summed E-state index contributed by atoms with van der Waals surface area (Å²) in [6.45, 7) is 1.93. The average Bonchev–Trinajstić information content (AvgIpc) is 2.29. The fraction of sp³-hybridized carbons (Fsp3) is 0.400. The topological polar surface area (TPSA) is 75.2 Å². The molecule has 1 aliphatic rings. The average molecular weight is 204 g/mol. The molecule has 5 nitrogen and oxygen atoms in total. The van der Waals surface area contributed by atoms with Crippen molar-refractivity contribution in [3.63, 3.8) is 0 Å². The van der Waals surface area contributed by atoms with Crippen LogP contribution in [0.25, 0.3) is 0 Å². The highest BCUT2D eigenvalue weighted by molar-refractivity contribution is 5.52. The van der Waals surface area contributed by atoms with Crippen LogP contribution in [0.15, 0.2) is 18.3 Å². The summed E-state index contributed by atoms with van der Waals surface area (Å²) in [5.41, 5.74) is 6.59. The Bertz CT molecular complexity index is 387. The maximum atomic E-state index is 8.77. The highest BCUT2D eigenvalue weighted by atomic mass is 16.5. The normalized spacial score (nSPS) is 21.0.